The predicted molar refractivity (Wildman–Crippen MR) is 108 cm³/mol. The van der Waals surface area contributed by atoms with Crippen LogP contribution in [0.1, 0.15) is 27.8 Å². The zero-order valence-electron chi connectivity index (χ0n) is 16.4. The molecule has 1 N–H and O–H groups in total. The van der Waals surface area contributed by atoms with E-state index >= 15 is 0 Å². The number of amides is 1. The molecule has 0 aliphatic carbocycles. The fourth-order valence-electron chi connectivity index (χ4n) is 2.65. The van der Waals surface area contributed by atoms with Crippen molar-refractivity contribution < 1.29 is 27.6 Å². The molecule has 0 saturated carbocycles. The highest BCUT2D eigenvalue weighted by atomic mass is 35.5. The third-order valence-electron chi connectivity index (χ3n) is 4.11. The first-order chi connectivity index (χ1) is 14.2. The minimum Gasteiger partial charge on any atom is -0.398 e. The zero-order chi connectivity index (χ0) is 22.3. The van der Waals surface area contributed by atoms with Gasteiger partial charge in [-0.2, -0.15) is 13.2 Å². The molecule has 10 heteroatoms. The van der Waals surface area contributed by atoms with Gasteiger partial charge in [-0.3, -0.25) is 4.79 Å². The highest BCUT2D eigenvalue weighted by Gasteiger charge is 2.33. The second kappa shape index (κ2) is 10.1. The summed E-state index contributed by atoms with van der Waals surface area (Å²) in [6, 6.07) is 8.61. The summed E-state index contributed by atoms with van der Waals surface area (Å²) in [6.07, 6.45) is -3.68. The second-order valence-electron chi connectivity index (χ2n) is 6.01. The third-order valence-corrected chi connectivity index (χ3v) is 4.44. The van der Waals surface area contributed by atoms with E-state index in [1.165, 1.54) is 26.3 Å². The molecule has 1 amide bonds. The first-order valence-corrected chi connectivity index (χ1v) is 9.01. The number of hydrogen-bond acceptors (Lipinski definition) is 5. The second-order valence-corrected chi connectivity index (χ2v) is 6.42. The Morgan fingerprint density at radius 3 is 2.57 bits per heavy atom. The fraction of sp³-hybridized carbons (Fsp3) is 0.250. The minimum atomic E-state index is -4.59. The molecule has 0 aliphatic heterocycles. The number of rotatable bonds is 7. The number of likely N-dealkylation sites (N-methyl/N-ethyl adjacent to an activating group) is 1. The molecular formula is C20H19ClF3N3O3. The lowest BCUT2D eigenvalue weighted by molar-refractivity contribution is -0.137. The normalized spacial score (nSPS) is 12.2. The lowest BCUT2D eigenvalue weighted by Gasteiger charge is -2.13. The summed E-state index contributed by atoms with van der Waals surface area (Å²) >= 11 is 5.89. The van der Waals surface area contributed by atoms with Crippen molar-refractivity contribution in [1.82, 2.24) is 5.32 Å². The average Bonchev–Trinajstić information content (AvgIpc) is 2.70. The molecule has 0 radical (unpaired) electrons. The molecule has 6 nitrogen and oxygen atoms in total. The number of nitrogens with one attached hydrogen (secondary N) is 1. The predicted octanol–water partition coefficient (Wildman–Crippen LogP) is 4.31. The van der Waals surface area contributed by atoms with Gasteiger partial charge in [-0.1, -0.05) is 46.2 Å². The third kappa shape index (κ3) is 5.50. The van der Waals surface area contributed by atoms with Gasteiger partial charge >= 0.3 is 6.18 Å². The van der Waals surface area contributed by atoms with Crippen LogP contribution < -0.4 is 5.32 Å². The van der Waals surface area contributed by atoms with Crippen molar-refractivity contribution in [2.24, 2.45) is 10.3 Å². The van der Waals surface area contributed by atoms with Crippen LogP contribution in [0.5, 0.6) is 0 Å². The van der Waals surface area contributed by atoms with Gasteiger partial charge in [0.1, 0.15) is 13.7 Å². The first kappa shape index (κ1) is 23.2. The number of carbonyl (C=O) groups is 1. The van der Waals surface area contributed by atoms with E-state index in [2.05, 4.69) is 15.6 Å². The van der Waals surface area contributed by atoms with E-state index in [4.69, 9.17) is 21.3 Å². The summed E-state index contributed by atoms with van der Waals surface area (Å²) in [6.45, 7) is 1.67. The standard InChI is InChI=1S/C20H19ClF3N3O3/c1-12-6-4-7-13(18(27-29-3)19(28)25-2)15(12)11-30-26-10-14-16(20(22,23)24)8-5-9-17(14)21/h4-10H,11H2,1-3H3,(H,25,28)/b26-10+,27-18+. The number of carbonyl (C=O) groups excluding carboxylic acids is 1. The van der Waals surface area contributed by atoms with Crippen molar-refractivity contribution in [1.29, 1.82) is 0 Å². The van der Waals surface area contributed by atoms with Gasteiger partial charge in [0.25, 0.3) is 5.91 Å². The van der Waals surface area contributed by atoms with Gasteiger partial charge in [-0.25, -0.2) is 0 Å². The topological polar surface area (TPSA) is 72.3 Å². The summed E-state index contributed by atoms with van der Waals surface area (Å²) in [5, 5.41) is 9.77. The van der Waals surface area contributed by atoms with E-state index in [-0.39, 0.29) is 22.9 Å². The van der Waals surface area contributed by atoms with E-state index in [9.17, 15) is 18.0 Å². The molecule has 0 unspecified atom stereocenters. The van der Waals surface area contributed by atoms with Gasteiger partial charge in [-0.05, 0) is 24.6 Å². The van der Waals surface area contributed by atoms with E-state index in [1.807, 2.05) is 0 Å². The van der Waals surface area contributed by atoms with Gasteiger partial charge in [0.2, 0.25) is 0 Å². The molecule has 160 valence electrons. The van der Waals surface area contributed by atoms with Crippen LogP contribution in [0.4, 0.5) is 13.2 Å². The van der Waals surface area contributed by atoms with E-state index in [0.717, 1.165) is 17.8 Å². The Bertz CT molecular complexity index is 975. The molecule has 0 fully saturated rings. The van der Waals surface area contributed by atoms with Crippen LogP contribution in [-0.2, 0) is 27.3 Å². The van der Waals surface area contributed by atoms with Crippen molar-refractivity contribution >= 4 is 29.4 Å². The van der Waals surface area contributed by atoms with Gasteiger partial charge < -0.3 is 15.0 Å². The lowest BCUT2D eigenvalue weighted by Crippen LogP contribution is -2.29. The van der Waals surface area contributed by atoms with Crippen molar-refractivity contribution in [3.05, 3.63) is 69.2 Å². The number of aryl methyl sites for hydroxylation is 1. The lowest BCUT2D eigenvalue weighted by atomic mass is 9.98. The summed E-state index contributed by atoms with van der Waals surface area (Å²) in [5.41, 5.74) is 0.585. The molecule has 0 heterocycles. The number of hydrogen-bond donors (Lipinski definition) is 1. The quantitative estimate of drug-likeness (QED) is 0.514. The first-order valence-electron chi connectivity index (χ1n) is 8.63. The summed E-state index contributed by atoms with van der Waals surface area (Å²) in [5.74, 6) is -0.474. The Hall–Kier alpha value is -3.07. The molecule has 0 aromatic heterocycles. The van der Waals surface area contributed by atoms with Crippen LogP contribution in [0, 0.1) is 6.92 Å². The van der Waals surface area contributed by atoms with Crippen molar-refractivity contribution in [3.8, 4) is 0 Å². The smallest absolute Gasteiger partial charge is 0.398 e. The Morgan fingerprint density at radius 1 is 1.23 bits per heavy atom. The molecule has 30 heavy (non-hydrogen) atoms. The van der Waals surface area contributed by atoms with Crippen LogP contribution >= 0.6 is 11.6 Å². The Labute approximate surface area is 176 Å². The molecule has 0 atom stereocenters. The maximum absolute atomic E-state index is 13.2. The Balaban J connectivity index is 2.30. The highest BCUT2D eigenvalue weighted by molar-refractivity contribution is 6.45. The van der Waals surface area contributed by atoms with E-state index in [0.29, 0.717) is 11.1 Å². The number of halogens is 4. The largest absolute Gasteiger partial charge is 0.417 e. The van der Waals surface area contributed by atoms with Crippen LogP contribution in [0.25, 0.3) is 0 Å². The maximum atomic E-state index is 13.2. The Morgan fingerprint density at radius 2 is 1.93 bits per heavy atom. The summed E-state index contributed by atoms with van der Waals surface area (Å²) in [7, 11) is 2.76. The van der Waals surface area contributed by atoms with Crippen LogP contribution in [-0.4, -0.2) is 32.0 Å². The van der Waals surface area contributed by atoms with Crippen molar-refractivity contribution in [2.75, 3.05) is 14.2 Å². The van der Waals surface area contributed by atoms with Crippen LogP contribution in [0.15, 0.2) is 46.7 Å². The van der Waals surface area contributed by atoms with Gasteiger partial charge in [0.05, 0.1) is 16.8 Å². The number of alkyl halides is 3. The van der Waals surface area contributed by atoms with E-state index < -0.39 is 17.6 Å². The molecule has 0 bridgehead atoms. The molecule has 2 aromatic rings. The highest BCUT2D eigenvalue weighted by Crippen LogP contribution is 2.34. The van der Waals surface area contributed by atoms with Crippen molar-refractivity contribution in [3.63, 3.8) is 0 Å². The average molecular weight is 442 g/mol. The van der Waals surface area contributed by atoms with E-state index in [1.54, 1.807) is 25.1 Å². The minimum absolute atomic E-state index is 0.0248. The molecule has 0 aliphatic rings. The monoisotopic (exact) mass is 441 g/mol. The molecule has 0 spiro atoms. The zero-order valence-corrected chi connectivity index (χ0v) is 17.1. The van der Waals surface area contributed by atoms with Crippen LogP contribution in [0.2, 0.25) is 5.02 Å². The molecule has 2 aromatic carbocycles. The molecule has 0 saturated heterocycles. The van der Waals surface area contributed by atoms with Crippen molar-refractivity contribution in [2.45, 2.75) is 19.7 Å². The van der Waals surface area contributed by atoms with Crippen LogP contribution in [0.3, 0.4) is 0 Å². The molecule has 2 rings (SSSR count). The maximum Gasteiger partial charge on any atom is 0.417 e. The Kier molecular flexibility index (Phi) is 7.82. The van der Waals surface area contributed by atoms with Gasteiger partial charge in [-0.15, -0.1) is 0 Å². The fourth-order valence-corrected chi connectivity index (χ4v) is 2.87. The van der Waals surface area contributed by atoms with Gasteiger partial charge in [0, 0.05) is 23.7 Å². The summed E-state index contributed by atoms with van der Waals surface area (Å²) in [4.78, 5) is 22.1. The number of oxime groups is 2. The number of benzene rings is 2. The molecular weight excluding hydrogens is 423 g/mol. The number of nitrogens with zero attached hydrogens (tertiary/aromatic N) is 2. The summed E-state index contributed by atoms with van der Waals surface area (Å²) < 4.78 is 39.5. The van der Waals surface area contributed by atoms with Gasteiger partial charge in [0.15, 0.2) is 5.71 Å². The SMILES string of the molecule is CNC(=O)/C(=N/OC)c1cccc(C)c1CO/N=C/c1c(Cl)cccc1C(F)(F)F.